The van der Waals surface area contributed by atoms with Crippen LogP contribution in [0.5, 0.6) is 0 Å². The van der Waals surface area contributed by atoms with E-state index in [9.17, 15) is 22.8 Å². The fourth-order valence-corrected chi connectivity index (χ4v) is 3.73. The van der Waals surface area contributed by atoms with Crippen LogP contribution in [0, 0.1) is 0 Å². The summed E-state index contributed by atoms with van der Waals surface area (Å²) in [6.45, 7) is 2.59. The molecule has 166 valence electrons. The molecule has 1 saturated heterocycles. The van der Waals surface area contributed by atoms with Gasteiger partial charge in [0.1, 0.15) is 0 Å². The third-order valence-electron chi connectivity index (χ3n) is 4.33. The summed E-state index contributed by atoms with van der Waals surface area (Å²) < 4.78 is 37.3. The van der Waals surface area contributed by atoms with Gasteiger partial charge in [-0.05, 0) is 43.5 Å². The summed E-state index contributed by atoms with van der Waals surface area (Å²) in [5, 5.41) is 4.55. The van der Waals surface area contributed by atoms with Crippen LogP contribution in [0.15, 0.2) is 29.2 Å². The lowest BCUT2D eigenvalue weighted by molar-refractivity contribution is -0.123. The standard InChI is InChI=1S/C19H27N3O7S/c1-2-3-10-20-19(25)22-17(23)13-29-18(24)14-6-8-16(9-7-14)30(26,27)21-12-15-5-4-11-28-15/h6-9,15,21H,2-5,10-13H2,1H3,(H2,20,22,23,25). The molecule has 30 heavy (non-hydrogen) atoms. The minimum absolute atomic E-state index is 0.00135. The van der Waals surface area contributed by atoms with Crippen LogP contribution in [0.1, 0.15) is 43.0 Å². The number of benzene rings is 1. The smallest absolute Gasteiger partial charge is 0.338 e. The molecule has 1 atom stereocenters. The van der Waals surface area contributed by atoms with Gasteiger partial charge in [0, 0.05) is 19.7 Å². The SMILES string of the molecule is CCCCNC(=O)NC(=O)COC(=O)c1ccc(S(=O)(=O)NCC2CCCO2)cc1. The van der Waals surface area contributed by atoms with E-state index in [1.54, 1.807) is 0 Å². The van der Waals surface area contributed by atoms with Crippen molar-refractivity contribution in [2.75, 3.05) is 26.3 Å². The van der Waals surface area contributed by atoms with Gasteiger partial charge >= 0.3 is 12.0 Å². The van der Waals surface area contributed by atoms with Crippen molar-refractivity contribution in [3.8, 4) is 0 Å². The summed E-state index contributed by atoms with van der Waals surface area (Å²) in [6, 6.07) is 4.47. The molecular weight excluding hydrogens is 414 g/mol. The molecule has 0 bridgehead atoms. The Morgan fingerprint density at radius 1 is 1.20 bits per heavy atom. The van der Waals surface area contributed by atoms with Gasteiger partial charge in [0.25, 0.3) is 5.91 Å². The Labute approximate surface area is 175 Å². The molecular formula is C19H27N3O7S. The number of nitrogens with one attached hydrogen (secondary N) is 3. The number of hydrogen-bond donors (Lipinski definition) is 3. The second-order valence-corrected chi connectivity index (χ2v) is 8.51. The first kappa shape index (κ1) is 23.8. The molecule has 0 saturated carbocycles. The van der Waals surface area contributed by atoms with Crippen molar-refractivity contribution < 1.29 is 32.3 Å². The van der Waals surface area contributed by atoms with Crippen molar-refractivity contribution in [1.29, 1.82) is 0 Å². The Morgan fingerprint density at radius 3 is 2.57 bits per heavy atom. The topological polar surface area (TPSA) is 140 Å². The number of rotatable bonds is 10. The van der Waals surface area contributed by atoms with Crippen LogP contribution in [0.25, 0.3) is 0 Å². The van der Waals surface area contributed by atoms with Crippen LogP contribution in [-0.2, 0) is 24.3 Å². The lowest BCUT2D eigenvalue weighted by Gasteiger charge is -2.11. The van der Waals surface area contributed by atoms with Gasteiger partial charge in [-0.15, -0.1) is 0 Å². The van der Waals surface area contributed by atoms with Crippen molar-refractivity contribution in [3.63, 3.8) is 0 Å². The number of imide groups is 1. The maximum Gasteiger partial charge on any atom is 0.338 e. The average Bonchev–Trinajstić information content (AvgIpc) is 3.25. The predicted molar refractivity (Wildman–Crippen MR) is 107 cm³/mol. The average molecular weight is 442 g/mol. The predicted octanol–water partition coefficient (Wildman–Crippen LogP) is 0.927. The number of carbonyl (C=O) groups excluding carboxylic acids is 3. The molecule has 1 aromatic carbocycles. The van der Waals surface area contributed by atoms with E-state index in [1.807, 2.05) is 12.2 Å². The fraction of sp³-hybridized carbons (Fsp3) is 0.526. The van der Waals surface area contributed by atoms with E-state index in [2.05, 4.69) is 10.0 Å². The van der Waals surface area contributed by atoms with Crippen LogP contribution < -0.4 is 15.4 Å². The summed E-state index contributed by atoms with van der Waals surface area (Å²) in [4.78, 5) is 35.1. The van der Waals surface area contributed by atoms with E-state index in [-0.39, 0.29) is 23.1 Å². The number of amides is 3. The number of urea groups is 1. The van der Waals surface area contributed by atoms with Gasteiger partial charge in [0.05, 0.1) is 16.6 Å². The molecule has 3 amide bonds. The fourth-order valence-electron chi connectivity index (χ4n) is 2.66. The molecule has 0 radical (unpaired) electrons. The van der Waals surface area contributed by atoms with E-state index in [1.165, 1.54) is 24.3 Å². The Bertz CT molecular complexity index is 834. The first-order chi connectivity index (χ1) is 14.3. The molecule has 1 unspecified atom stereocenters. The van der Waals surface area contributed by atoms with Gasteiger partial charge in [-0.25, -0.2) is 22.7 Å². The zero-order chi connectivity index (χ0) is 22.0. The van der Waals surface area contributed by atoms with E-state index in [4.69, 9.17) is 9.47 Å². The summed E-state index contributed by atoms with van der Waals surface area (Å²) in [7, 11) is -3.73. The normalized spacial score (nSPS) is 16.1. The molecule has 10 nitrogen and oxygen atoms in total. The monoisotopic (exact) mass is 441 g/mol. The van der Waals surface area contributed by atoms with Crippen LogP contribution in [0.3, 0.4) is 0 Å². The molecule has 2 rings (SSSR count). The minimum Gasteiger partial charge on any atom is -0.452 e. The van der Waals surface area contributed by atoms with Gasteiger partial charge in [0.2, 0.25) is 10.0 Å². The van der Waals surface area contributed by atoms with Crippen molar-refractivity contribution in [1.82, 2.24) is 15.4 Å². The number of esters is 1. The van der Waals surface area contributed by atoms with Crippen LogP contribution >= 0.6 is 0 Å². The third-order valence-corrected chi connectivity index (χ3v) is 5.77. The third kappa shape index (κ3) is 7.73. The molecule has 3 N–H and O–H groups in total. The van der Waals surface area contributed by atoms with E-state index in [0.717, 1.165) is 25.7 Å². The molecule has 1 aliphatic rings. The zero-order valence-electron chi connectivity index (χ0n) is 16.8. The summed E-state index contributed by atoms with van der Waals surface area (Å²) in [6.07, 6.45) is 3.27. The summed E-state index contributed by atoms with van der Waals surface area (Å²) in [5.74, 6) is -1.58. The maximum atomic E-state index is 12.3. The van der Waals surface area contributed by atoms with Crippen molar-refractivity contribution in [3.05, 3.63) is 29.8 Å². The number of carbonyl (C=O) groups is 3. The second-order valence-electron chi connectivity index (χ2n) is 6.75. The first-order valence-corrected chi connectivity index (χ1v) is 11.3. The van der Waals surface area contributed by atoms with Gasteiger partial charge < -0.3 is 14.8 Å². The van der Waals surface area contributed by atoms with Gasteiger partial charge in [-0.2, -0.15) is 0 Å². The second kappa shape index (κ2) is 11.6. The van der Waals surface area contributed by atoms with Crippen LogP contribution in [0.2, 0.25) is 0 Å². The number of sulfonamides is 1. The highest BCUT2D eigenvalue weighted by Gasteiger charge is 2.21. The van der Waals surface area contributed by atoms with Crippen LogP contribution in [0.4, 0.5) is 4.79 Å². The Hall–Kier alpha value is -2.50. The Morgan fingerprint density at radius 2 is 1.93 bits per heavy atom. The number of hydrogen-bond acceptors (Lipinski definition) is 7. The molecule has 1 fully saturated rings. The quantitative estimate of drug-likeness (QED) is 0.362. The molecule has 0 aliphatic carbocycles. The highest BCUT2D eigenvalue weighted by atomic mass is 32.2. The first-order valence-electron chi connectivity index (χ1n) is 9.78. The molecule has 0 spiro atoms. The number of unbranched alkanes of at least 4 members (excludes halogenated alkanes) is 1. The van der Waals surface area contributed by atoms with Crippen molar-refractivity contribution in [2.45, 2.75) is 43.6 Å². The highest BCUT2D eigenvalue weighted by Crippen LogP contribution is 2.14. The van der Waals surface area contributed by atoms with E-state index >= 15 is 0 Å². The summed E-state index contributed by atoms with van der Waals surface area (Å²) in [5.41, 5.74) is 0.0771. The molecule has 1 heterocycles. The zero-order valence-corrected chi connectivity index (χ0v) is 17.6. The lowest BCUT2D eigenvalue weighted by atomic mass is 10.2. The van der Waals surface area contributed by atoms with E-state index in [0.29, 0.717) is 13.2 Å². The Kier molecular flexibility index (Phi) is 9.21. The van der Waals surface area contributed by atoms with Gasteiger partial charge in [0.15, 0.2) is 6.61 Å². The largest absolute Gasteiger partial charge is 0.452 e. The molecule has 0 aromatic heterocycles. The maximum absolute atomic E-state index is 12.3. The minimum atomic E-state index is -3.73. The van der Waals surface area contributed by atoms with Crippen LogP contribution in [-0.4, -0.2) is 58.7 Å². The molecule has 11 heteroatoms. The van der Waals surface area contributed by atoms with Crippen molar-refractivity contribution >= 4 is 27.9 Å². The lowest BCUT2D eigenvalue weighted by Crippen LogP contribution is -2.41. The highest BCUT2D eigenvalue weighted by molar-refractivity contribution is 7.89. The van der Waals surface area contributed by atoms with E-state index < -0.39 is 34.5 Å². The Balaban J connectivity index is 1.79. The van der Waals surface area contributed by atoms with Crippen molar-refractivity contribution in [2.24, 2.45) is 0 Å². The molecule has 1 aliphatic heterocycles. The molecule has 1 aromatic rings. The van der Waals surface area contributed by atoms with Gasteiger partial charge in [-0.3, -0.25) is 10.1 Å². The summed E-state index contributed by atoms with van der Waals surface area (Å²) >= 11 is 0. The number of ether oxygens (including phenoxy) is 2. The van der Waals surface area contributed by atoms with Gasteiger partial charge in [-0.1, -0.05) is 13.3 Å².